The van der Waals surface area contributed by atoms with E-state index < -0.39 is 15.9 Å². The van der Waals surface area contributed by atoms with Gasteiger partial charge in [0.15, 0.2) is 15.6 Å². The van der Waals surface area contributed by atoms with E-state index >= 15 is 0 Å². The molecule has 1 saturated heterocycles. The van der Waals surface area contributed by atoms with Gasteiger partial charge in [0.1, 0.15) is 23.9 Å². The largest absolute Gasteiger partial charge is 0.494 e. The van der Waals surface area contributed by atoms with Gasteiger partial charge in [-0.15, -0.1) is 0 Å². The summed E-state index contributed by atoms with van der Waals surface area (Å²) in [6, 6.07) is 26.0. The maximum atomic E-state index is 13.9. The van der Waals surface area contributed by atoms with Crippen LogP contribution in [-0.2, 0) is 43.8 Å². The Morgan fingerprint density at radius 1 is 0.887 bits per heavy atom. The smallest absolute Gasteiger partial charge is 0.255 e. The number of ketones is 1. The predicted molar refractivity (Wildman–Crippen MR) is 277 cm³/mol. The highest BCUT2D eigenvalue weighted by Gasteiger charge is 2.39. The van der Waals surface area contributed by atoms with Crippen LogP contribution in [0.4, 0.5) is 28.8 Å². The third kappa shape index (κ3) is 14.0. The highest BCUT2D eigenvalue weighted by atomic mass is 32.2. The molecule has 1 atom stereocenters. The van der Waals surface area contributed by atoms with E-state index in [4.69, 9.17) is 18.9 Å². The van der Waals surface area contributed by atoms with Gasteiger partial charge in [-0.3, -0.25) is 14.5 Å². The van der Waals surface area contributed by atoms with Gasteiger partial charge in [-0.05, 0) is 97.3 Å². The Hall–Kier alpha value is -6.33. The number of rotatable bonds is 21. The van der Waals surface area contributed by atoms with Crippen molar-refractivity contribution in [3.63, 3.8) is 0 Å². The van der Waals surface area contributed by atoms with Gasteiger partial charge in [-0.1, -0.05) is 63.3 Å². The summed E-state index contributed by atoms with van der Waals surface area (Å²) in [7, 11) is -3.46. The Balaban J connectivity index is 0.808. The number of nitrogens with one attached hydrogen (secondary N) is 3. The minimum absolute atomic E-state index is 0.0430. The van der Waals surface area contributed by atoms with Crippen LogP contribution in [0.3, 0.4) is 0 Å². The van der Waals surface area contributed by atoms with E-state index in [1.165, 1.54) is 5.56 Å². The van der Waals surface area contributed by atoms with Crippen molar-refractivity contribution < 1.29 is 37.0 Å². The first-order valence-corrected chi connectivity index (χ1v) is 26.2. The van der Waals surface area contributed by atoms with Crippen LogP contribution in [0.15, 0.2) is 108 Å². The molecule has 0 radical (unpaired) electrons. The van der Waals surface area contributed by atoms with E-state index in [0.717, 1.165) is 79.3 Å². The molecule has 16 heteroatoms. The number of benzene rings is 4. The lowest BCUT2D eigenvalue weighted by atomic mass is 10.0. The molecule has 1 saturated carbocycles. The van der Waals surface area contributed by atoms with Crippen molar-refractivity contribution >= 4 is 50.4 Å². The molecular formula is C55H67N7O8S. The Labute approximate surface area is 418 Å². The number of hydrogen-bond donors (Lipinski definition) is 3. The average Bonchev–Trinajstić information content (AvgIpc) is 3.57. The number of aryl methyl sites for hydroxylation is 1. The standard InChI is InChI=1S/C55H67N7O8S/c1-38-9-6-12-49(50(63)31-38)62-35-47-46(53(62)64)21-22-48(51(47)70-36-41-15-13-40(14-16-41)34-61-24-29-68-30-25-61)56-23-28-67-26-8-27-69-44-19-17-42(18-20-44)59-54-57-33-39(2)52(60-54)58-43-10-7-11-45(32-43)71(65,66)37-55(3,4)5/h7,10-11,13-22,32-33,49,56H,1,6,8-9,12,23-31,34-37H2,2-5H3,(H2,57,58,59,60)/t49-/m0/s1. The van der Waals surface area contributed by atoms with E-state index in [-0.39, 0.29) is 27.8 Å². The van der Waals surface area contributed by atoms with Gasteiger partial charge in [0, 0.05) is 79.9 Å². The van der Waals surface area contributed by atoms with Crippen LogP contribution in [0.2, 0.25) is 0 Å². The third-order valence-corrected chi connectivity index (χ3v) is 14.8. The molecule has 0 unspecified atom stereocenters. The van der Waals surface area contributed by atoms with Crippen LogP contribution >= 0.6 is 0 Å². The van der Waals surface area contributed by atoms with E-state index in [0.29, 0.717) is 93.3 Å². The molecule has 2 fully saturated rings. The number of nitrogens with zero attached hydrogens (tertiary/aromatic N) is 4. The molecule has 1 aliphatic carbocycles. The fraction of sp³-hybridized carbons (Fsp3) is 0.418. The van der Waals surface area contributed by atoms with Crippen molar-refractivity contribution in [2.24, 2.45) is 5.41 Å². The number of Topliss-reactive ketones (excluding diaryl/α,β-unsaturated/α-hetero) is 1. The zero-order valence-electron chi connectivity index (χ0n) is 41.4. The monoisotopic (exact) mass is 985 g/mol. The molecule has 4 aromatic carbocycles. The van der Waals surface area contributed by atoms with Crippen LogP contribution in [0.25, 0.3) is 0 Å². The quantitative estimate of drug-likeness (QED) is 0.0360. The molecule has 0 spiro atoms. The Kier molecular flexibility index (Phi) is 16.7. The van der Waals surface area contributed by atoms with Gasteiger partial charge in [-0.2, -0.15) is 4.98 Å². The van der Waals surface area contributed by atoms with Crippen molar-refractivity contribution in [2.75, 3.05) is 74.4 Å². The lowest BCUT2D eigenvalue weighted by Gasteiger charge is -2.26. The first kappa shape index (κ1) is 51.0. The van der Waals surface area contributed by atoms with E-state index in [9.17, 15) is 18.0 Å². The predicted octanol–water partition coefficient (Wildman–Crippen LogP) is 9.42. The number of aromatic nitrogens is 2. The summed E-state index contributed by atoms with van der Waals surface area (Å²) in [4.78, 5) is 40.6. The molecule has 0 bridgehead atoms. The van der Waals surface area contributed by atoms with Crippen molar-refractivity contribution in [1.29, 1.82) is 0 Å². The maximum absolute atomic E-state index is 13.9. The number of allylic oxidation sites excluding steroid dienone is 1. The molecule has 3 N–H and O–H groups in total. The fourth-order valence-corrected chi connectivity index (χ4v) is 10.9. The Bertz CT molecular complexity index is 2770. The number of ether oxygens (including phenoxy) is 4. The zero-order chi connectivity index (χ0) is 50.0. The lowest BCUT2D eigenvalue weighted by molar-refractivity contribution is -0.122. The molecule has 3 heterocycles. The molecule has 15 nitrogen and oxygen atoms in total. The minimum atomic E-state index is -3.46. The van der Waals surface area contributed by atoms with Crippen LogP contribution in [0.5, 0.6) is 11.5 Å². The Morgan fingerprint density at radius 2 is 1.66 bits per heavy atom. The highest BCUT2D eigenvalue weighted by Crippen LogP contribution is 2.40. The van der Waals surface area contributed by atoms with Gasteiger partial charge >= 0.3 is 0 Å². The van der Waals surface area contributed by atoms with Crippen molar-refractivity contribution in [3.8, 4) is 11.5 Å². The van der Waals surface area contributed by atoms with E-state index in [1.54, 1.807) is 29.3 Å². The number of carbonyl (C=O) groups excluding carboxylic acids is 2. The van der Waals surface area contributed by atoms with Gasteiger partial charge in [-0.25, -0.2) is 13.4 Å². The van der Waals surface area contributed by atoms with E-state index in [2.05, 4.69) is 61.7 Å². The van der Waals surface area contributed by atoms with Crippen LogP contribution in [0.1, 0.15) is 85.5 Å². The summed E-state index contributed by atoms with van der Waals surface area (Å²) in [6.07, 6.45) is 4.95. The van der Waals surface area contributed by atoms with Gasteiger partial charge in [0.2, 0.25) is 5.95 Å². The fourth-order valence-electron chi connectivity index (χ4n) is 9.00. The van der Waals surface area contributed by atoms with Crippen LogP contribution < -0.4 is 25.4 Å². The summed E-state index contributed by atoms with van der Waals surface area (Å²) < 4.78 is 50.2. The maximum Gasteiger partial charge on any atom is 0.255 e. The van der Waals surface area contributed by atoms with Crippen LogP contribution in [-0.4, -0.2) is 104 Å². The number of morpholine rings is 1. The topological polar surface area (TPSA) is 174 Å². The molecule has 71 heavy (non-hydrogen) atoms. The molecule has 8 rings (SSSR count). The van der Waals surface area contributed by atoms with Crippen LogP contribution in [0, 0.1) is 12.3 Å². The molecule has 3 aliphatic rings. The highest BCUT2D eigenvalue weighted by molar-refractivity contribution is 7.91. The molecule has 1 amide bonds. The first-order valence-electron chi connectivity index (χ1n) is 24.6. The first-order chi connectivity index (χ1) is 34.2. The summed E-state index contributed by atoms with van der Waals surface area (Å²) in [5.41, 5.74) is 7.13. The summed E-state index contributed by atoms with van der Waals surface area (Å²) >= 11 is 0. The molecule has 2 aliphatic heterocycles. The molecule has 5 aromatic rings. The SMILES string of the molecule is C=C1CCC[C@H](N2Cc3c(ccc(NCCOCCCOc4ccc(Nc5ncc(C)c(Nc6cccc(S(=O)(=O)CC(C)(C)C)c6)n5)cc4)c3OCc3ccc(CN4CCOCC4)cc3)C2=O)C(=O)C1. The number of fused-ring (bicyclic) bond motifs is 1. The number of amides is 1. The summed E-state index contributed by atoms with van der Waals surface area (Å²) in [6.45, 7) is 18.5. The molecule has 376 valence electrons. The normalized spacial score (nSPS) is 16.6. The second-order valence-corrected chi connectivity index (χ2v) is 21.8. The molecular weight excluding hydrogens is 919 g/mol. The summed E-state index contributed by atoms with van der Waals surface area (Å²) in [5.74, 6) is 2.23. The number of anilines is 5. The average molecular weight is 986 g/mol. The van der Waals surface area contributed by atoms with Gasteiger partial charge in [0.05, 0.1) is 55.3 Å². The number of hydrogen-bond acceptors (Lipinski definition) is 14. The second-order valence-electron chi connectivity index (χ2n) is 19.8. The van der Waals surface area contributed by atoms with Crippen molar-refractivity contribution in [2.45, 2.75) is 90.4 Å². The summed E-state index contributed by atoms with van der Waals surface area (Å²) in [5, 5.41) is 9.99. The molecule has 1 aromatic heterocycles. The van der Waals surface area contributed by atoms with E-state index in [1.807, 2.05) is 70.2 Å². The second kappa shape index (κ2) is 23.3. The number of sulfone groups is 1. The minimum Gasteiger partial charge on any atom is -0.494 e. The Morgan fingerprint density at radius 3 is 2.44 bits per heavy atom. The van der Waals surface area contributed by atoms with Gasteiger partial charge < -0.3 is 39.8 Å². The third-order valence-electron chi connectivity index (χ3n) is 12.6. The van der Waals surface area contributed by atoms with Crippen molar-refractivity contribution in [3.05, 3.63) is 131 Å². The lowest BCUT2D eigenvalue weighted by Crippen LogP contribution is -2.40. The van der Waals surface area contributed by atoms with Crippen molar-refractivity contribution in [1.82, 2.24) is 19.8 Å². The zero-order valence-corrected chi connectivity index (χ0v) is 42.2. The number of carbonyl (C=O) groups is 2. The van der Waals surface area contributed by atoms with Gasteiger partial charge in [0.25, 0.3) is 5.91 Å².